The van der Waals surface area contributed by atoms with E-state index in [9.17, 15) is 4.79 Å². The Labute approximate surface area is 209 Å². The molecule has 0 aliphatic carbocycles. The molecule has 0 amide bonds. The van der Waals surface area contributed by atoms with Crippen LogP contribution in [0.4, 0.5) is 5.69 Å². The van der Waals surface area contributed by atoms with Gasteiger partial charge in [-0.05, 0) is 58.0 Å². The van der Waals surface area contributed by atoms with Gasteiger partial charge in [-0.15, -0.1) is 0 Å². The number of morpholine rings is 1. The zero-order chi connectivity index (χ0) is 22.2. The second-order valence-corrected chi connectivity index (χ2v) is 9.68. The standard InChI is InChI=1S/C23H20ClIN4O2S/c24-20-2-1-15(9-21(20)25)13-28-4-3-16(10-22(28)30)19-14-29(32)23-18(19)11-17(12-26-23)27-5-7-31-8-6-27/h1-4,9-12,14,32H,5-8,13H2. The molecule has 0 spiro atoms. The number of ether oxygens (including phenoxy) is 1. The van der Waals surface area contributed by atoms with Crippen LogP contribution in [-0.4, -0.2) is 39.8 Å². The van der Waals surface area contributed by atoms with Gasteiger partial charge in [-0.1, -0.05) is 30.5 Å². The summed E-state index contributed by atoms with van der Waals surface area (Å²) in [6, 6.07) is 11.6. The van der Waals surface area contributed by atoms with Gasteiger partial charge in [0.25, 0.3) is 5.56 Å². The van der Waals surface area contributed by atoms with Crippen molar-refractivity contribution in [2.24, 2.45) is 0 Å². The van der Waals surface area contributed by atoms with E-state index in [4.69, 9.17) is 16.3 Å². The van der Waals surface area contributed by atoms with Gasteiger partial charge in [-0.25, -0.2) is 4.98 Å². The summed E-state index contributed by atoms with van der Waals surface area (Å²) in [5.74, 6) is 0. The Balaban J connectivity index is 1.49. The zero-order valence-electron chi connectivity index (χ0n) is 17.0. The number of thiol groups is 1. The lowest BCUT2D eigenvalue weighted by atomic mass is 10.1. The van der Waals surface area contributed by atoms with Crippen LogP contribution >= 0.6 is 47.0 Å². The van der Waals surface area contributed by atoms with Crippen molar-refractivity contribution in [3.63, 3.8) is 0 Å². The molecule has 6 nitrogen and oxygen atoms in total. The molecule has 1 aliphatic rings. The van der Waals surface area contributed by atoms with Crippen LogP contribution in [0.2, 0.25) is 5.02 Å². The Morgan fingerprint density at radius 2 is 1.97 bits per heavy atom. The second kappa shape index (κ2) is 9.09. The summed E-state index contributed by atoms with van der Waals surface area (Å²) in [5, 5.41) is 1.68. The molecular formula is C23H20ClIN4O2S. The molecule has 1 fully saturated rings. The third-order valence-electron chi connectivity index (χ3n) is 5.63. The van der Waals surface area contributed by atoms with E-state index in [-0.39, 0.29) is 5.56 Å². The van der Waals surface area contributed by atoms with Crippen LogP contribution in [0.1, 0.15) is 5.56 Å². The maximum Gasteiger partial charge on any atom is 0.251 e. The van der Waals surface area contributed by atoms with Crippen molar-refractivity contribution in [1.82, 2.24) is 13.5 Å². The topological polar surface area (TPSA) is 52.3 Å². The first-order chi connectivity index (χ1) is 15.5. The molecule has 5 rings (SSSR count). The number of benzene rings is 1. The Kier molecular flexibility index (Phi) is 6.20. The van der Waals surface area contributed by atoms with E-state index in [1.54, 1.807) is 14.6 Å². The summed E-state index contributed by atoms with van der Waals surface area (Å²) in [6.45, 7) is 3.59. The van der Waals surface area contributed by atoms with Gasteiger partial charge in [0.15, 0.2) is 5.65 Å². The van der Waals surface area contributed by atoms with Crippen LogP contribution in [-0.2, 0) is 11.3 Å². The summed E-state index contributed by atoms with van der Waals surface area (Å²) in [4.78, 5) is 19.8. The second-order valence-electron chi connectivity index (χ2n) is 7.68. The van der Waals surface area contributed by atoms with E-state index < -0.39 is 0 Å². The van der Waals surface area contributed by atoms with Crippen molar-refractivity contribution in [2.75, 3.05) is 31.2 Å². The van der Waals surface area contributed by atoms with E-state index in [0.29, 0.717) is 24.8 Å². The fourth-order valence-electron chi connectivity index (χ4n) is 3.95. The maximum absolute atomic E-state index is 12.9. The number of hydrogen-bond acceptors (Lipinski definition) is 5. The van der Waals surface area contributed by atoms with Gasteiger partial charge in [0.1, 0.15) is 0 Å². The van der Waals surface area contributed by atoms with Crippen LogP contribution in [0.5, 0.6) is 0 Å². The number of anilines is 1. The van der Waals surface area contributed by atoms with Gasteiger partial charge >= 0.3 is 0 Å². The highest BCUT2D eigenvalue weighted by atomic mass is 127. The molecule has 0 bridgehead atoms. The summed E-state index contributed by atoms with van der Waals surface area (Å²) in [7, 11) is 0. The Hall–Kier alpha value is -2.01. The molecule has 32 heavy (non-hydrogen) atoms. The first kappa shape index (κ1) is 21.8. The van der Waals surface area contributed by atoms with Crippen molar-refractivity contribution in [3.05, 3.63) is 79.5 Å². The van der Waals surface area contributed by atoms with Crippen LogP contribution in [0.3, 0.4) is 0 Å². The molecule has 1 aliphatic heterocycles. The Bertz CT molecular complexity index is 1360. The lowest BCUT2D eigenvalue weighted by molar-refractivity contribution is 0.122. The minimum absolute atomic E-state index is 0.0650. The number of fused-ring (bicyclic) bond motifs is 1. The molecule has 164 valence electrons. The number of aromatic nitrogens is 3. The highest BCUT2D eigenvalue weighted by molar-refractivity contribution is 14.1. The number of hydrogen-bond donors (Lipinski definition) is 1. The Morgan fingerprint density at radius 1 is 1.16 bits per heavy atom. The minimum Gasteiger partial charge on any atom is -0.378 e. The highest BCUT2D eigenvalue weighted by Crippen LogP contribution is 2.32. The predicted octanol–water partition coefficient (Wildman–Crippen LogP) is 4.70. The number of nitrogens with zero attached hydrogens (tertiary/aromatic N) is 4. The van der Waals surface area contributed by atoms with Gasteiger partial charge in [-0.2, -0.15) is 0 Å². The zero-order valence-corrected chi connectivity index (χ0v) is 20.8. The molecular weight excluding hydrogens is 559 g/mol. The van der Waals surface area contributed by atoms with E-state index in [0.717, 1.165) is 50.1 Å². The van der Waals surface area contributed by atoms with Gasteiger partial charge in [0.05, 0.1) is 36.7 Å². The van der Waals surface area contributed by atoms with Crippen molar-refractivity contribution in [1.29, 1.82) is 0 Å². The quantitative estimate of drug-likeness (QED) is 0.282. The third kappa shape index (κ3) is 4.28. The van der Waals surface area contributed by atoms with Crippen LogP contribution in [0, 0.1) is 3.57 Å². The van der Waals surface area contributed by atoms with E-state index in [1.807, 2.05) is 42.9 Å². The molecule has 0 saturated carbocycles. The van der Waals surface area contributed by atoms with Crippen molar-refractivity contribution in [3.8, 4) is 11.1 Å². The van der Waals surface area contributed by atoms with Crippen LogP contribution in [0.15, 0.2) is 59.8 Å². The molecule has 4 heterocycles. The number of pyridine rings is 2. The molecule has 9 heteroatoms. The Morgan fingerprint density at radius 3 is 2.72 bits per heavy atom. The van der Waals surface area contributed by atoms with E-state index in [2.05, 4.69) is 51.4 Å². The number of rotatable bonds is 4. The van der Waals surface area contributed by atoms with E-state index >= 15 is 0 Å². The molecule has 0 atom stereocenters. The lowest BCUT2D eigenvalue weighted by Gasteiger charge is -2.28. The number of halogens is 2. The summed E-state index contributed by atoms with van der Waals surface area (Å²) < 4.78 is 9.83. The fourth-order valence-corrected chi connectivity index (χ4v) is 4.92. The van der Waals surface area contributed by atoms with Crippen molar-refractivity contribution >= 4 is 63.7 Å². The average molecular weight is 579 g/mol. The van der Waals surface area contributed by atoms with Crippen LogP contribution in [0.25, 0.3) is 22.2 Å². The smallest absolute Gasteiger partial charge is 0.251 e. The van der Waals surface area contributed by atoms with Gasteiger partial charge in [-0.3, -0.25) is 8.77 Å². The molecule has 3 aromatic heterocycles. The molecule has 4 aromatic rings. The summed E-state index contributed by atoms with van der Waals surface area (Å²) in [6.07, 6.45) is 5.61. The summed E-state index contributed by atoms with van der Waals surface area (Å²) in [5.41, 5.74) is 4.55. The van der Waals surface area contributed by atoms with Crippen molar-refractivity contribution < 1.29 is 4.74 Å². The maximum atomic E-state index is 12.9. The summed E-state index contributed by atoms with van der Waals surface area (Å²) >= 11 is 12.9. The normalized spacial score (nSPS) is 14.3. The lowest BCUT2D eigenvalue weighted by Crippen LogP contribution is -2.36. The van der Waals surface area contributed by atoms with Gasteiger partial charge in [0.2, 0.25) is 0 Å². The van der Waals surface area contributed by atoms with Crippen molar-refractivity contribution in [2.45, 2.75) is 6.54 Å². The average Bonchev–Trinajstić information content (AvgIpc) is 3.14. The highest BCUT2D eigenvalue weighted by Gasteiger charge is 2.16. The minimum atomic E-state index is -0.0650. The van der Waals surface area contributed by atoms with E-state index in [1.165, 1.54) is 0 Å². The molecule has 1 aromatic carbocycles. The fraction of sp³-hybridized carbons (Fsp3) is 0.217. The third-order valence-corrected chi connectivity index (χ3v) is 7.48. The monoisotopic (exact) mass is 578 g/mol. The first-order valence-corrected chi connectivity index (χ1v) is 12.0. The SMILES string of the molecule is O=c1cc(-c2cn(S)c3ncc(N4CCOCC4)cc23)ccn1Cc1ccc(Cl)c(I)c1. The molecule has 0 N–H and O–H groups in total. The largest absolute Gasteiger partial charge is 0.378 e. The van der Waals surface area contributed by atoms with Gasteiger partial charge in [0, 0.05) is 46.1 Å². The molecule has 0 radical (unpaired) electrons. The van der Waals surface area contributed by atoms with Gasteiger partial charge < -0.3 is 14.2 Å². The predicted molar refractivity (Wildman–Crippen MR) is 140 cm³/mol. The van der Waals surface area contributed by atoms with Crippen LogP contribution < -0.4 is 10.5 Å². The first-order valence-electron chi connectivity index (χ1n) is 10.2. The molecule has 1 saturated heterocycles. The molecule has 0 unspecified atom stereocenters.